The Morgan fingerprint density at radius 3 is 2.61 bits per heavy atom. The predicted octanol–water partition coefficient (Wildman–Crippen LogP) is 2.89. The molecule has 0 unspecified atom stereocenters. The highest BCUT2D eigenvalue weighted by molar-refractivity contribution is 8.00. The van der Waals surface area contributed by atoms with Crippen LogP contribution in [0.1, 0.15) is 25.3 Å². The Kier molecular flexibility index (Phi) is 4.71. The third-order valence-electron chi connectivity index (χ3n) is 4.27. The molecule has 2 aromatic rings. The van der Waals surface area contributed by atoms with E-state index in [4.69, 9.17) is 0 Å². The zero-order valence-corrected chi connectivity index (χ0v) is 14.6. The SMILES string of the molecule is Cc1ccccc1-c1nnc(S[C@@H](C)C(=O)N2CCCC2)n1C. The molecular formula is C17H22N4OS. The van der Waals surface area contributed by atoms with Crippen LogP contribution in [0.15, 0.2) is 29.4 Å². The van der Waals surface area contributed by atoms with Crippen LogP contribution in [0.2, 0.25) is 0 Å². The molecule has 0 aliphatic carbocycles. The Bertz CT molecular complexity index is 706. The number of hydrogen-bond acceptors (Lipinski definition) is 4. The van der Waals surface area contributed by atoms with Gasteiger partial charge in [0.25, 0.3) is 0 Å². The van der Waals surface area contributed by atoms with Gasteiger partial charge in [-0.05, 0) is 32.3 Å². The number of benzene rings is 1. The Labute approximate surface area is 141 Å². The molecule has 1 aliphatic heterocycles. The van der Waals surface area contributed by atoms with Crippen LogP contribution in [0, 0.1) is 6.92 Å². The first-order chi connectivity index (χ1) is 11.1. The van der Waals surface area contributed by atoms with Crippen molar-refractivity contribution in [1.29, 1.82) is 0 Å². The summed E-state index contributed by atoms with van der Waals surface area (Å²) in [5, 5.41) is 9.25. The van der Waals surface area contributed by atoms with E-state index in [1.165, 1.54) is 17.3 Å². The molecule has 0 radical (unpaired) electrons. The van der Waals surface area contributed by atoms with Gasteiger partial charge in [0.1, 0.15) is 0 Å². The van der Waals surface area contributed by atoms with Gasteiger partial charge in [-0.25, -0.2) is 0 Å². The van der Waals surface area contributed by atoms with Crippen LogP contribution < -0.4 is 0 Å². The number of thioether (sulfide) groups is 1. The minimum absolute atomic E-state index is 0.138. The largest absolute Gasteiger partial charge is 0.342 e. The lowest BCUT2D eigenvalue weighted by Gasteiger charge is -2.19. The molecule has 23 heavy (non-hydrogen) atoms. The van der Waals surface area contributed by atoms with Crippen molar-refractivity contribution in [1.82, 2.24) is 19.7 Å². The molecular weight excluding hydrogens is 308 g/mol. The van der Waals surface area contributed by atoms with Gasteiger partial charge in [-0.15, -0.1) is 10.2 Å². The lowest BCUT2D eigenvalue weighted by molar-refractivity contribution is -0.129. The monoisotopic (exact) mass is 330 g/mol. The van der Waals surface area contributed by atoms with Gasteiger partial charge in [-0.3, -0.25) is 4.79 Å². The molecule has 2 heterocycles. The average molecular weight is 330 g/mol. The quantitative estimate of drug-likeness (QED) is 0.809. The second-order valence-electron chi connectivity index (χ2n) is 5.97. The summed E-state index contributed by atoms with van der Waals surface area (Å²) in [6, 6.07) is 8.13. The van der Waals surface area contributed by atoms with E-state index in [1.807, 2.05) is 41.6 Å². The van der Waals surface area contributed by atoms with Gasteiger partial charge in [0, 0.05) is 25.7 Å². The van der Waals surface area contributed by atoms with Gasteiger partial charge in [0.15, 0.2) is 11.0 Å². The molecule has 122 valence electrons. The van der Waals surface area contributed by atoms with Crippen LogP contribution in [0.4, 0.5) is 0 Å². The van der Waals surface area contributed by atoms with Gasteiger partial charge < -0.3 is 9.47 Å². The van der Waals surface area contributed by atoms with Crippen molar-refractivity contribution in [2.24, 2.45) is 7.05 Å². The van der Waals surface area contributed by atoms with E-state index in [1.54, 1.807) is 0 Å². The number of aromatic nitrogens is 3. The normalized spacial score (nSPS) is 15.9. The molecule has 1 amide bonds. The number of amides is 1. The van der Waals surface area contributed by atoms with Crippen LogP contribution >= 0.6 is 11.8 Å². The number of nitrogens with zero attached hydrogens (tertiary/aromatic N) is 4. The Hall–Kier alpha value is -1.82. The maximum atomic E-state index is 12.4. The molecule has 0 saturated carbocycles. The molecule has 0 N–H and O–H groups in total. The minimum atomic E-state index is -0.138. The third kappa shape index (κ3) is 3.27. The van der Waals surface area contributed by atoms with E-state index in [2.05, 4.69) is 23.2 Å². The molecule has 1 fully saturated rings. The van der Waals surface area contributed by atoms with Gasteiger partial charge >= 0.3 is 0 Å². The van der Waals surface area contributed by atoms with Crippen LogP contribution in [0.25, 0.3) is 11.4 Å². The van der Waals surface area contributed by atoms with E-state index < -0.39 is 0 Å². The van der Waals surface area contributed by atoms with Crippen molar-refractivity contribution < 1.29 is 4.79 Å². The van der Waals surface area contributed by atoms with Gasteiger partial charge in [-0.2, -0.15) is 0 Å². The number of carbonyl (C=O) groups excluding carboxylic acids is 1. The molecule has 1 aromatic carbocycles. The molecule has 3 rings (SSSR count). The number of hydrogen-bond donors (Lipinski definition) is 0. The summed E-state index contributed by atoms with van der Waals surface area (Å²) in [6.07, 6.45) is 2.23. The summed E-state index contributed by atoms with van der Waals surface area (Å²) in [6.45, 7) is 5.79. The molecule has 6 heteroatoms. The maximum absolute atomic E-state index is 12.4. The lowest BCUT2D eigenvalue weighted by Crippen LogP contribution is -2.34. The zero-order valence-electron chi connectivity index (χ0n) is 13.8. The first-order valence-corrected chi connectivity index (χ1v) is 8.86. The highest BCUT2D eigenvalue weighted by atomic mass is 32.2. The third-order valence-corrected chi connectivity index (χ3v) is 5.39. The van der Waals surface area contributed by atoms with Crippen molar-refractivity contribution >= 4 is 17.7 Å². The Balaban J connectivity index is 1.77. The summed E-state index contributed by atoms with van der Waals surface area (Å²) in [5.41, 5.74) is 2.24. The second kappa shape index (κ2) is 6.74. The fraction of sp³-hybridized carbons (Fsp3) is 0.471. The van der Waals surface area contributed by atoms with Crippen LogP contribution in [0.3, 0.4) is 0 Å². The smallest absolute Gasteiger partial charge is 0.235 e. The lowest BCUT2D eigenvalue weighted by atomic mass is 10.1. The van der Waals surface area contributed by atoms with E-state index in [0.717, 1.165) is 42.5 Å². The predicted molar refractivity (Wildman–Crippen MR) is 92.3 cm³/mol. The molecule has 1 aliphatic rings. The topological polar surface area (TPSA) is 51.0 Å². The highest BCUT2D eigenvalue weighted by Crippen LogP contribution is 2.28. The number of aryl methyl sites for hydroxylation is 1. The summed E-state index contributed by atoms with van der Waals surface area (Å²) in [4.78, 5) is 14.4. The summed E-state index contributed by atoms with van der Waals surface area (Å²) < 4.78 is 1.97. The Morgan fingerprint density at radius 1 is 1.22 bits per heavy atom. The van der Waals surface area contributed by atoms with E-state index in [-0.39, 0.29) is 11.2 Å². The summed E-state index contributed by atoms with van der Waals surface area (Å²) >= 11 is 1.48. The van der Waals surface area contributed by atoms with Gasteiger partial charge in [-0.1, -0.05) is 36.0 Å². The average Bonchev–Trinajstić information content (AvgIpc) is 3.19. The van der Waals surface area contributed by atoms with E-state index >= 15 is 0 Å². The van der Waals surface area contributed by atoms with Gasteiger partial charge in [0.2, 0.25) is 5.91 Å². The molecule has 1 saturated heterocycles. The van der Waals surface area contributed by atoms with Crippen LogP contribution in [-0.4, -0.2) is 43.9 Å². The van der Waals surface area contributed by atoms with Crippen molar-refractivity contribution in [2.45, 2.75) is 37.1 Å². The van der Waals surface area contributed by atoms with Crippen LogP contribution in [-0.2, 0) is 11.8 Å². The first kappa shape index (κ1) is 16.1. The highest BCUT2D eigenvalue weighted by Gasteiger charge is 2.25. The van der Waals surface area contributed by atoms with Crippen molar-refractivity contribution in [3.05, 3.63) is 29.8 Å². The van der Waals surface area contributed by atoms with Crippen molar-refractivity contribution in [2.75, 3.05) is 13.1 Å². The zero-order chi connectivity index (χ0) is 16.4. The minimum Gasteiger partial charge on any atom is -0.342 e. The van der Waals surface area contributed by atoms with Crippen LogP contribution in [0.5, 0.6) is 0 Å². The molecule has 0 bridgehead atoms. The molecule has 1 atom stereocenters. The summed E-state index contributed by atoms with van der Waals surface area (Å²) in [5.74, 6) is 1.04. The van der Waals surface area contributed by atoms with Crippen molar-refractivity contribution in [3.8, 4) is 11.4 Å². The second-order valence-corrected chi connectivity index (χ2v) is 7.28. The van der Waals surface area contributed by atoms with Crippen molar-refractivity contribution in [3.63, 3.8) is 0 Å². The van der Waals surface area contributed by atoms with Gasteiger partial charge in [0.05, 0.1) is 5.25 Å². The molecule has 5 nitrogen and oxygen atoms in total. The first-order valence-electron chi connectivity index (χ1n) is 7.99. The maximum Gasteiger partial charge on any atom is 0.235 e. The number of carbonyl (C=O) groups is 1. The molecule has 0 spiro atoms. The number of likely N-dealkylation sites (tertiary alicyclic amines) is 1. The molecule has 1 aromatic heterocycles. The fourth-order valence-corrected chi connectivity index (χ4v) is 3.78. The fourth-order valence-electron chi connectivity index (χ4n) is 2.88. The number of rotatable bonds is 4. The summed E-state index contributed by atoms with van der Waals surface area (Å²) in [7, 11) is 1.96. The Morgan fingerprint density at radius 2 is 1.91 bits per heavy atom. The van der Waals surface area contributed by atoms with E-state index in [9.17, 15) is 4.79 Å². The standard InChI is InChI=1S/C17H22N4OS/c1-12-8-4-5-9-14(12)15-18-19-17(20(15)3)23-13(2)16(22)21-10-6-7-11-21/h4-5,8-9,13H,6-7,10-11H2,1-3H3/t13-/m0/s1. The van der Waals surface area contributed by atoms with E-state index in [0.29, 0.717) is 0 Å².